The van der Waals surface area contributed by atoms with E-state index in [1.165, 1.54) is 22.6 Å². The van der Waals surface area contributed by atoms with Crippen LogP contribution in [0.3, 0.4) is 0 Å². The third-order valence-corrected chi connectivity index (χ3v) is 7.36. The van der Waals surface area contributed by atoms with Crippen LogP contribution in [0.2, 0.25) is 5.02 Å². The van der Waals surface area contributed by atoms with E-state index in [4.69, 9.17) is 11.6 Å². The van der Waals surface area contributed by atoms with Gasteiger partial charge in [0.25, 0.3) is 5.91 Å². The Labute approximate surface area is 185 Å². The first-order valence-electron chi connectivity index (χ1n) is 9.65. The highest BCUT2D eigenvalue weighted by atomic mass is 35.5. The highest BCUT2D eigenvalue weighted by molar-refractivity contribution is 7.89. The van der Waals surface area contributed by atoms with Gasteiger partial charge in [-0.3, -0.25) is 4.79 Å². The second kappa shape index (κ2) is 8.33. The summed E-state index contributed by atoms with van der Waals surface area (Å²) in [7, 11) is -3.85. The number of benzene rings is 2. The van der Waals surface area contributed by atoms with Crippen molar-refractivity contribution in [2.75, 3.05) is 26.2 Å². The van der Waals surface area contributed by atoms with E-state index in [-0.39, 0.29) is 42.7 Å². The number of hydrogen-bond acceptors (Lipinski definition) is 5. The van der Waals surface area contributed by atoms with Crippen molar-refractivity contribution in [3.63, 3.8) is 0 Å². The molecule has 1 aliphatic rings. The summed E-state index contributed by atoms with van der Waals surface area (Å²) < 4.78 is 28.7. The topological polar surface area (TPSA) is 95.7 Å². The van der Waals surface area contributed by atoms with Crippen molar-refractivity contribution in [3.8, 4) is 11.4 Å². The normalized spacial score (nSPS) is 15.2. The number of phenols is 1. The molecule has 0 spiro atoms. The van der Waals surface area contributed by atoms with Crippen molar-refractivity contribution in [2.24, 2.45) is 0 Å². The number of nitrogens with zero attached hydrogens (tertiary/aromatic N) is 4. The molecule has 0 aliphatic carbocycles. The molecule has 0 radical (unpaired) electrons. The monoisotopic (exact) mass is 460 g/mol. The van der Waals surface area contributed by atoms with Crippen molar-refractivity contribution in [3.05, 3.63) is 71.0 Å². The average molecular weight is 461 g/mol. The van der Waals surface area contributed by atoms with Crippen LogP contribution in [0, 0.1) is 6.92 Å². The van der Waals surface area contributed by atoms with Gasteiger partial charge in [0.2, 0.25) is 10.0 Å². The van der Waals surface area contributed by atoms with E-state index in [1.54, 1.807) is 53.0 Å². The minimum absolute atomic E-state index is 0.114. The summed E-state index contributed by atoms with van der Waals surface area (Å²) in [6.07, 6.45) is 3.13. The summed E-state index contributed by atoms with van der Waals surface area (Å²) in [6.45, 7) is 2.55. The third-order valence-electron chi connectivity index (χ3n) is 5.18. The molecule has 8 nitrogen and oxygen atoms in total. The molecular formula is C21H21ClN4O4S. The van der Waals surface area contributed by atoms with Crippen LogP contribution in [0.25, 0.3) is 5.69 Å². The van der Waals surface area contributed by atoms with Gasteiger partial charge in [0.15, 0.2) is 0 Å². The summed E-state index contributed by atoms with van der Waals surface area (Å²) in [5.74, 6) is -0.491. The van der Waals surface area contributed by atoms with Gasteiger partial charge >= 0.3 is 0 Å². The molecule has 0 unspecified atom stereocenters. The molecule has 162 valence electrons. The first-order valence-corrected chi connectivity index (χ1v) is 11.5. The number of rotatable bonds is 4. The van der Waals surface area contributed by atoms with Crippen LogP contribution in [0.15, 0.2) is 59.8 Å². The zero-order chi connectivity index (χ0) is 22.2. The van der Waals surface area contributed by atoms with E-state index in [0.717, 1.165) is 11.3 Å². The van der Waals surface area contributed by atoms with Crippen LogP contribution < -0.4 is 0 Å². The van der Waals surface area contributed by atoms with Gasteiger partial charge in [0.05, 0.1) is 17.4 Å². The molecule has 10 heteroatoms. The Kier molecular flexibility index (Phi) is 5.74. The summed E-state index contributed by atoms with van der Waals surface area (Å²) in [5.41, 5.74) is 1.93. The lowest BCUT2D eigenvalue weighted by Gasteiger charge is -2.34. The van der Waals surface area contributed by atoms with Crippen LogP contribution in [0.1, 0.15) is 15.9 Å². The third kappa shape index (κ3) is 4.30. The Morgan fingerprint density at radius 3 is 2.42 bits per heavy atom. The lowest BCUT2D eigenvalue weighted by molar-refractivity contribution is 0.0697. The van der Waals surface area contributed by atoms with E-state index in [9.17, 15) is 18.3 Å². The van der Waals surface area contributed by atoms with E-state index in [1.807, 2.05) is 0 Å². The van der Waals surface area contributed by atoms with E-state index < -0.39 is 10.0 Å². The van der Waals surface area contributed by atoms with Gasteiger partial charge < -0.3 is 10.0 Å². The Balaban J connectivity index is 1.45. The highest BCUT2D eigenvalue weighted by Crippen LogP contribution is 2.27. The van der Waals surface area contributed by atoms with E-state index >= 15 is 0 Å². The van der Waals surface area contributed by atoms with Gasteiger partial charge in [-0.1, -0.05) is 17.7 Å². The number of amides is 1. The lowest BCUT2D eigenvalue weighted by Crippen LogP contribution is -2.50. The summed E-state index contributed by atoms with van der Waals surface area (Å²) >= 11 is 5.90. The predicted octanol–water partition coefficient (Wildman–Crippen LogP) is 2.69. The number of piperazine rings is 1. The number of carbonyl (C=O) groups excluding carboxylic acids is 1. The van der Waals surface area contributed by atoms with Gasteiger partial charge in [0.1, 0.15) is 10.6 Å². The average Bonchev–Trinajstić information content (AvgIpc) is 3.25. The molecule has 1 N–H and O–H groups in total. The second-order valence-electron chi connectivity index (χ2n) is 7.32. The van der Waals surface area contributed by atoms with Crippen LogP contribution in [0.5, 0.6) is 5.75 Å². The molecule has 4 rings (SSSR count). The Morgan fingerprint density at radius 1 is 1.06 bits per heavy atom. The molecule has 0 atom stereocenters. The van der Waals surface area contributed by atoms with E-state index in [2.05, 4.69) is 5.10 Å². The Hall–Kier alpha value is -2.88. The minimum atomic E-state index is -3.85. The fraction of sp³-hybridized carbons (Fsp3) is 0.238. The SMILES string of the molecule is Cc1ccc(O)c(S(=O)(=O)N2CCN(C(=O)c3cnn(-c4ccc(Cl)cc4)c3)CC2)c1. The van der Waals surface area contributed by atoms with Crippen molar-refractivity contribution in [1.29, 1.82) is 0 Å². The maximum atomic E-state index is 12.9. The zero-order valence-electron chi connectivity index (χ0n) is 16.8. The van der Waals surface area contributed by atoms with Crippen LogP contribution >= 0.6 is 11.6 Å². The number of aromatic hydroxyl groups is 1. The molecule has 0 saturated carbocycles. The molecule has 1 aromatic heterocycles. The smallest absolute Gasteiger partial charge is 0.257 e. The molecule has 1 aliphatic heterocycles. The van der Waals surface area contributed by atoms with Crippen molar-refractivity contribution in [2.45, 2.75) is 11.8 Å². The summed E-state index contributed by atoms with van der Waals surface area (Å²) in [4.78, 5) is 14.4. The van der Waals surface area contributed by atoms with E-state index in [0.29, 0.717) is 10.6 Å². The predicted molar refractivity (Wildman–Crippen MR) is 116 cm³/mol. The molecule has 2 heterocycles. The second-order valence-corrected chi connectivity index (χ2v) is 9.66. The van der Waals surface area contributed by atoms with Gasteiger partial charge in [-0.25, -0.2) is 13.1 Å². The molecule has 31 heavy (non-hydrogen) atoms. The number of halogens is 1. The van der Waals surface area contributed by atoms with Gasteiger partial charge in [0, 0.05) is 37.4 Å². The Morgan fingerprint density at radius 2 is 1.74 bits per heavy atom. The van der Waals surface area contributed by atoms with Gasteiger partial charge in [-0.2, -0.15) is 9.40 Å². The maximum absolute atomic E-state index is 12.9. The highest BCUT2D eigenvalue weighted by Gasteiger charge is 2.32. The van der Waals surface area contributed by atoms with Crippen LogP contribution in [-0.4, -0.2) is 64.6 Å². The summed E-state index contributed by atoms with van der Waals surface area (Å²) in [5, 5.41) is 14.9. The molecular weight excluding hydrogens is 440 g/mol. The number of phenolic OH excluding ortho intramolecular Hbond substituents is 1. The summed E-state index contributed by atoms with van der Waals surface area (Å²) in [6, 6.07) is 11.6. The standard InChI is InChI=1S/C21H21ClN4O4S/c1-15-2-7-19(27)20(12-15)31(29,30)25-10-8-24(9-11-25)21(28)16-13-23-26(14-16)18-5-3-17(22)4-6-18/h2-7,12-14,27H,8-11H2,1H3. The fourth-order valence-electron chi connectivity index (χ4n) is 3.45. The molecule has 0 bridgehead atoms. The largest absolute Gasteiger partial charge is 0.507 e. The molecule has 2 aromatic carbocycles. The van der Waals surface area contributed by atoms with Gasteiger partial charge in [-0.15, -0.1) is 0 Å². The zero-order valence-corrected chi connectivity index (χ0v) is 18.3. The molecule has 1 amide bonds. The lowest BCUT2D eigenvalue weighted by atomic mass is 10.2. The number of aromatic nitrogens is 2. The molecule has 1 saturated heterocycles. The number of sulfonamides is 1. The first-order chi connectivity index (χ1) is 14.8. The fourth-order valence-corrected chi connectivity index (χ4v) is 5.16. The Bertz CT molecular complexity index is 1220. The van der Waals surface area contributed by atoms with Crippen molar-refractivity contribution >= 4 is 27.5 Å². The number of carbonyl (C=O) groups is 1. The van der Waals surface area contributed by atoms with Crippen molar-refractivity contribution in [1.82, 2.24) is 19.0 Å². The van der Waals surface area contributed by atoms with Crippen LogP contribution in [-0.2, 0) is 10.0 Å². The first kappa shape index (κ1) is 21.4. The minimum Gasteiger partial charge on any atom is -0.507 e. The maximum Gasteiger partial charge on any atom is 0.257 e. The number of hydrogen-bond donors (Lipinski definition) is 1. The van der Waals surface area contributed by atoms with Gasteiger partial charge in [-0.05, 0) is 48.9 Å². The molecule has 3 aromatic rings. The van der Waals surface area contributed by atoms with Crippen LogP contribution in [0.4, 0.5) is 0 Å². The van der Waals surface area contributed by atoms with Crippen molar-refractivity contribution < 1.29 is 18.3 Å². The number of aryl methyl sites for hydroxylation is 1. The quantitative estimate of drug-likeness (QED) is 0.645. The molecule has 1 fully saturated rings.